The number of phosphoric ester groups is 3. The smallest absolute Gasteiger partial charge is 0.386 e. The van der Waals surface area contributed by atoms with Crippen LogP contribution in [0.5, 0.6) is 0 Å². The zero-order valence-electron chi connectivity index (χ0n) is 39.0. The molecule has 2 aromatic rings. The molecule has 1 fully saturated rings. The van der Waals surface area contributed by atoms with Gasteiger partial charge in [-0.05, 0) is 18.9 Å². The number of nitrogens with zero attached hydrogens (tertiary/aromatic N) is 4. The summed E-state index contributed by atoms with van der Waals surface area (Å²) in [6.45, 7) is 2.70. The van der Waals surface area contributed by atoms with E-state index >= 15 is 0 Å². The molecule has 0 radical (unpaired) electrons. The van der Waals surface area contributed by atoms with Gasteiger partial charge in [0, 0.05) is 30.7 Å². The number of thioether (sulfide) groups is 1. The van der Waals surface area contributed by atoms with Gasteiger partial charge in [-0.1, -0.05) is 127 Å². The standard InChI is InChI=1S/C41H68N7O17P3S/c1-4-5-6-7-8-9-10-11-12-13-14-15-16-17-18-19-20-21-32(50)69-25-24-43-31(49)22-23-44-39(53)36(52)41(2,3)27-62-68(59,60)65-67(57,58)61-26-30-35(64-66(54,55)56)34(51)40(63-30)48-29-47-33-37(42)45-28-46-38(33)48/h16-21,28-30,34-36,40,51-52H,4-15,22-27H2,1-3H3,(H,43,49)(H,44,53)(H,57,58)(H,59,60)(H2,42,45,46)(H2,54,55,56)/t30-,34-,35-,36+,40-/m1/s1. The minimum Gasteiger partial charge on any atom is -0.386 e. The van der Waals surface area contributed by atoms with Gasteiger partial charge < -0.3 is 50.9 Å². The third kappa shape index (κ3) is 22.8. The van der Waals surface area contributed by atoms with Gasteiger partial charge in [-0.3, -0.25) is 32.5 Å². The fourth-order valence-electron chi connectivity index (χ4n) is 6.69. The van der Waals surface area contributed by atoms with Crippen LogP contribution in [-0.2, 0) is 50.7 Å². The van der Waals surface area contributed by atoms with Crippen molar-refractivity contribution in [3.05, 3.63) is 49.1 Å². The van der Waals surface area contributed by atoms with E-state index < -0.39 is 84.6 Å². The van der Waals surface area contributed by atoms with Gasteiger partial charge in [-0.2, -0.15) is 4.31 Å². The Kier molecular flexibility index (Phi) is 26.1. The maximum Gasteiger partial charge on any atom is 0.481 e. The molecular formula is C41H68N7O17P3S. The molecule has 3 heterocycles. The number of carbonyl (C=O) groups excluding carboxylic acids is 3. The number of hydrogen-bond acceptors (Lipinski definition) is 18. The lowest BCUT2D eigenvalue weighted by Gasteiger charge is -2.30. The summed E-state index contributed by atoms with van der Waals surface area (Å²) in [5.41, 5.74) is 4.27. The lowest BCUT2D eigenvalue weighted by Crippen LogP contribution is -2.46. The Bertz CT molecular complexity index is 2170. The largest absolute Gasteiger partial charge is 0.481 e. The van der Waals surface area contributed by atoms with Crippen molar-refractivity contribution in [1.82, 2.24) is 30.2 Å². The number of nitrogens with two attached hydrogens (primary N) is 1. The number of ether oxygens (including phenoxy) is 1. The van der Waals surface area contributed by atoms with Gasteiger partial charge in [0.25, 0.3) is 0 Å². The highest BCUT2D eigenvalue weighted by atomic mass is 32.2. The van der Waals surface area contributed by atoms with E-state index in [2.05, 4.69) is 47.4 Å². The van der Waals surface area contributed by atoms with E-state index in [-0.39, 0.29) is 41.6 Å². The Hall–Kier alpha value is -3.22. The normalized spacial score (nSPS) is 20.2. The van der Waals surface area contributed by atoms with Crippen LogP contribution < -0.4 is 16.4 Å². The second-order valence-electron chi connectivity index (χ2n) is 16.7. The van der Waals surface area contributed by atoms with E-state index in [9.17, 15) is 57.9 Å². The van der Waals surface area contributed by atoms with Crippen LogP contribution in [0, 0.1) is 5.41 Å². The fraction of sp³-hybridized carbons (Fsp3) is 0.659. The first kappa shape index (κ1) is 60.1. The number of nitrogen functional groups attached to an aromatic ring is 1. The minimum absolute atomic E-state index is 0.0302. The molecule has 10 N–H and O–H groups in total. The number of nitrogens with one attached hydrogen (secondary N) is 2. The van der Waals surface area contributed by atoms with Crippen molar-refractivity contribution in [2.75, 3.05) is 37.8 Å². The first-order valence-corrected chi connectivity index (χ1v) is 28.1. The Morgan fingerprint density at radius 3 is 2.20 bits per heavy atom. The number of carbonyl (C=O) groups is 3. The maximum absolute atomic E-state index is 12.7. The van der Waals surface area contributed by atoms with Crippen molar-refractivity contribution in [2.24, 2.45) is 5.41 Å². The van der Waals surface area contributed by atoms with E-state index in [1.165, 1.54) is 84.1 Å². The Labute approximate surface area is 405 Å². The highest BCUT2D eigenvalue weighted by Crippen LogP contribution is 2.61. The van der Waals surface area contributed by atoms with Crippen LogP contribution in [0.4, 0.5) is 5.82 Å². The van der Waals surface area contributed by atoms with E-state index in [1.807, 2.05) is 12.2 Å². The number of hydrogen-bond donors (Lipinski definition) is 9. The van der Waals surface area contributed by atoms with Gasteiger partial charge in [-0.15, -0.1) is 0 Å². The number of unbranched alkanes of at least 4 members (excludes halogenated alkanes) is 11. The molecule has 2 amide bonds. The number of aliphatic hydroxyl groups excluding tert-OH is 2. The Balaban J connectivity index is 1.31. The van der Waals surface area contributed by atoms with Gasteiger partial charge >= 0.3 is 23.5 Å². The quantitative estimate of drug-likeness (QED) is 0.0192. The second kappa shape index (κ2) is 30.0. The van der Waals surface area contributed by atoms with Crippen LogP contribution in [0.15, 0.2) is 49.1 Å². The lowest BCUT2D eigenvalue weighted by atomic mass is 9.87. The number of amides is 2. The van der Waals surface area contributed by atoms with Crippen LogP contribution in [-0.4, -0.2) is 123 Å². The number of fused-ring (bicyclic) bond motifs is 1. The number of aliphatic hydroxyl groups is 2. The molecule has 24 nitrogen and oxygen atoms in total. The zero-order valence-corrected chi connectivity index (χ0v) is 42.5. The summed E-state index contributed by atoms with van der Waals surface area (Å²) in [6, 6.07) is 0. The number of anilines is 1. The van der Waals surface area contributed by atoms with Crippen molar-refractivity contribution < 1.29 is 80.5 Å². The third-order valence-electron chi connectivity index (χ3n) is 10.4. The number of imidazole rings is 1. The van der Waals surface area contributed by atoms with Gasteiger partial charge in [-0.25, -0.2) is 28.6 Å². The summed E-state index contributed by atoms with van der Waals surface area (Å²) >= 11 is 1.02. The molecule has 2 aromatic heterocycles. The van der Waals surface area contributed by atoms with Crippen LogP contribution in [0.25, 0.3) is 11.2 Å². The van der Waals surface area contributed by atoms with Crippen LogP contribution in [0.3, 0.4) is 0 Å². The summed E-state index contributed by atoms with van der Waals surface area (Å²) in [6.07, 6.45) is 19.3. The molecule has 0 bridgehead atoms. The highest BCUT2D eigenvalue weighted by molar-refractivity contribution is 8.14. The first-order chi connectivity index (χ1) is 32.6. The summed E-state index contributed by atoms with van der Waals surface area (Å²) in [5, 5.41) is 26.4. The third-order valence-corrected chi connectivity index (χ3v) is 14.4. The van der Waals surface area contributed by atoms with Crippen molar-refractivity contribution in [3.63, 3.8) is 0 Å². The Morgan fingerprint density at radius 2 is 1.54 bits per heavy atom. The van der Waals surface area contributed by atoms with Gasteiger partial charge in [0.2, 0.25) is 16.9 Å². The molecule has 1 aliphatic heterocycles. The molecule has 0 spiro atoms. The summed E-state index contributed by atoms with van der Waals surface area (Å²) in [4.78, 5) is 88.2. The van der Waals surface area contributed by atoms with Crippen molar-refractivity contribution in [2.45, 2.75) is 135 Å². The van der Waals surface area contributed by atoms with Gasteiger partial charge in [0.15, 0.2) is 17.7 Å². The predicted octanol–water partition coefficient (Wildman–Crippen LogP) is 5.03. The fourth-order valence-corrected chi connectivity index (χ4v) is 10.1. The van der Waals surface area contributed by atoms with Crippen molar-refractivity contribution in [1.29, 1.82) is 0 Å². The lowest BCUT2D eigenvalue weighted by molar-refractivity contribution is -0.137. The summed E-state index contributed by atoms with van der Waals surface area (Å²) in [5.74, 6) is -1.16. The molecule has 1 aliphatic rings. The van der Waals surface area contributed by atoms with Crippen LogP contribution >= 0.6 is 35.2 Å². The van der Waals surface area contributed by atoms with Crippen molar-refractivity contribution in [3.8, 4) is 0 Å². The molecule has 69 heavy (non-hydrogen) atoms. The minimum atomic E-state index is -5.58. The molecule has 0 aliphatic carbocycles. The van der Waals surface area contributed by atoms with Gasteiger partial charge in [0.05, 0.1) is 19.5 Å². The van der Waals surface area contributed by atoms with Crippen LogP contribution in [0.1, 0.15) is 110 Å². The van der Waals surface area contributed by atoms with Crippen LogP contribution in [0.2, 0.25) is 0 Å². The number of aromatic nitrogens is 4. The van der Waals surface area contributed by atoms with Gasteiger partial charge in [0.1, 0.15) is 36.3 Å². The average molecular weight is 1060 g/mol. The monoisotopic (exact) mass is 1060 g/mol. The highest BCUT2D eigenvalue weighted by Gasteiger charge is 2.50. The number of allylic oxidation sites excluding steroid dienone is 5. The Morgan fingerprint density at radius 1 is 0.899 bits per heavy atom. The summed E-state index contributed by atoms with van der Waals surface area (Å²) < 4.78 is 62.4. The maximum atomic E-state index is 12.7. The first-order valence-electron chi connectivity index (χ1n) is 22.6. The summed E-state index contributed by atoms with van der Waals surface area (Å²) in [7, 11) is -16.4. The molecule has 28 heteroatoms. The molecule has 0 aromatic carbocycles. The molecule has 1 saturated heterocycles. The molecule has 390 valence electrons. The topological polar surface area (TPSA) is 364 Å². The van der Waals surface area contributed by atoms with E-state index in [0.717, 1.165) is 41.8 Å². The van der Waals surface area contributed by atoms with E-state index in [1.54, 1.807) is 12.2 Å². The SMILES string of the molecule is CCCCCCCCCCCCCC=CC=CC=CC(=O)SCCNC(=O)CCNC(=O)[C@H](O)C(C)(C)COP(=O)(O)OP(=O)(O)OC[C@H]1O[C@@H](n2cnc3c(N)ncnc32)[C@H](O)[C@@H]1OP(=O)(O)O. The molecular weight excluding hydrogens is 987 g/mol. The molecule has 7 atom stereocenters. The van der Waals surface area contributed by atoms with Crippen molar-refractivity contribution >= 4 is 69.1 Å². The molecule has 3 rings (SSSR count). The molecule has 2 unspecified atom stereocenters. The average Bonchev–Trinajstić information content (AvgIpc) is 3.84. The van der Waals surface area contributed by atoms with E-state index in [4.69, 9.17) is 19.5 Å². The predicted molar refractivity (Wildman–Crippen MR) is 256 cm³/mol. The molecule has 0 saturated carbocycles. The number of phosphoric acid groups is 3. The van der Waals surface area contributed by atoms with E-state index in [0.29, 0.717) is 5.75 Å². The number of rotatable bonds is 34. The second-order valence-corrected chi connectivity index (χ2v) is 22.1. The zero-order chi connectivity index (χ0) is 51.1.